The number of nitrogens with zero attached hydrogens (tertiary/aromatic N) is 1. The summed E-state index contributed by atoms with van der Waals surface area (Å²) in [6.07, 6.45) is 5.87. The van der Waals surface area contributed by atoms with E-state index in [1.54, 1.807) is 0 Å². The summed E-state index contributed by atoms with van der Waals surface area (Å²) in [7, 11) is -3.30. The standard InChI is InChI=1S/C12H19NO3S/c1-17(15,16)10-5-4-8-12(10,14)11(9-13)6-2-3-7-11/h10,14H,2-8H2,1H3. The van der Waals surface area contributed by atoms with Crippen molar-refractivity contribution in [1.82, 2.24) is 0 Å². The average molecular weight is 257 g/mol. The highest BCUT2D eigenvalue weighted by molar-refractivity contribution is 7.91. The van der Waals surface area contributed by atoms with Crippen molar-refractivity contribution in [3.05, 3.63) is 0 Å². The lowest BCUT2D eigenvalue weighted by molar-refractivity contribution is -0.0436. The molecule has 2 unspecified atom stereocenters. The summed E-state index contributed by atoms with van der Waals surface area (Å²) in [6.45, 7) is 0. The highest BCUT2D eigenvalue weighted by Crippen LogP contribution is 2.54. The van der Waals surface area contributed by atoms with E-state index >= 15 is 0 Å². The van der Waals surface area contributed by atoms with Gasteiger partial charge >= 0.3 is 0 Å². The van der Waals surface area contributed by atoms with Crippen LogP contribution in [-0.4, -0.2) is 30.6 Å². The van der Waals surface area contributed by atoms with Crippen LogP contribution in [0.25, 0.3) is 0 Å². The molecule has 0 aromatic heterocycles. The van der Waals surface area contributed by atoms with E-state index < -0.39 is 26.1 Å². The van der Waals surface area contributed by atoms with Crippen molar-refractivity contribution in [2.75, 3.05) is 6.26 Å². The first-order valence-corrected chi connectivity index (χ1v) is 8.14. The molecule has 4 nitrogen and oxygen atoms in total. The monoisotopic (exact) mass is 257 g/mol. The summed E-state index contributed by atoms with van der Waals surface area (Å²) in [5, 5.41) is 19.5. The first kappa shape index (κ1) is 12.8. The Bertz CT molecular complexity index is 445. The van der Waals surface area contributed by atoms with Gasteiger partial charge in [-0.25, -0.2) is 8.42 Å². The van der Waals surface area contributed by atoms with E-state index in [2.05, 4.69) is 6.07 Å². The fourth-order valence-corrected chi connectivity index (χ4v) is 5.34. The second kappa shape index (κ2) is 3.96. The molecule has 2 saturated carbocycles. The molecule has 96 valence electrons. The fraction of sp³-hybridized carbons (Fsp3) is 0.917. The molecule has 2 atom stereocenters. The lowest BCUT2D eigenvalue weighted by Gasteiger charge is -2.41. The number of nitriles is 1. The third-order valence-electron chi connectivity index (χ3n) is 4.57. The Morgan fingerprint density at radius 1 is 1.24 bits per heavy atom. The van der Waals surface area contributed by atoms with Gasteiger partial charge in [0, 0.05) is 6.26 Å². The molecule has 1 N–H and O–H groups in total. The molecule has 2 fully saturated rings. The Hall–Kier alpha value is -0.600. The van der Waals surface area contributed by atoms with Crippen LogP contribution >= 0.6 is 0 Å². The summed E-state index contributed by atoms with van der Waals surface area (Å²) in [4.78, 5) is 0. The van der Waals surface area contributed by atoms with Crippen LogP contribution in [-0.2, 0) is 9.84 Å². The predicted molar refractivity (Wildman–Crippen MR) is 63.9 cm³/mol. The van der Waals surface area contributed by atoms with E-state index in [0.29, 0.717) is 32.1 Å². The minimum atomic E-state index is -3.30. The maximum atomic E-state index is 11.8. The molecule has 0 aromatic carbocycles. The zero-order chi connectivity index (χ0) is 12.7. The molecule has 17 heavy (non-hydrogen) atoms. The second-order valence-electron chi connectivity index (χ2n) is 5.54. The van der Waals surface area contributed by atoms with Crippen LogP contribution in [0.1, 0.15) is 44.9 Å². The van der Waals surface area contributed by atoms with Gasteiger partial charge in [-0.2, -0.15) is 5.26 Å². The van der Waals surface area contributed by atoms with Crippen molar-refractivity contribution in [3.63, 3.8) is 0 Å². The van der Waals surface area contributed by atoms with Gasteiger partial charge in [0.2, 0.25) is 0 Å². The maximum Gasteiger partial charge on any atom is 0.153 e. The van der Waals surface area contributed by atoms with Crippen molar-refractivity contribution in [3.8, 4) is 6.07 Å². The van der Waals surface area contributed by atoms with Crippen molar-refractivity contribution in [1.29, 1.82) is 5.26 Å². The Morgan fingerprint density at radius 2 is 1.82 bits per heavy atom. The van der Waals surface area contributed by atoms with Gasteiger partial charge in [0.15, 0.2) is 9.84 Å². The largest absolute Gasteiger partial charge is 0.387 e. The van der Waals surface area contributed by atoms with Gasteiger partial charge < -0.3 is 5.11 Å². The summed E-state index contributed by atoms with van der Waals surface area (Å²) in [5.74, 6) is 0. The molecule has 5 heteroatoms. The molecule has 2 aliphatic carbocycles. The van der Waals surface area contributed by atoms with Crippen molar-refractivity contribution in [2.24, 2.45) is 5.41 Å². The van der Waals surface area contributed by atoms with Crippen LogP contribution in [0.5, 0.6) is 0 Å². The number of aliphatic hydroxyl groups is 1. The van der Waals surface area contributed by atoms with Crippen LogP contribution < -0.4 is 0 Å². The lowest BCUT2D eigenvalue weighted by Crippen LogP contribution is -2.54. The Balaban J connectivity index is 2.44. The van der Waals surface area contributed by atoms with Gasteiger partial charge in [0.05, 0.1) is 22.3 Å². The predicted octanol–water partition coefficient (Wildman–Crippen LogP) is 1.40. The van der Waals surface area contributed by atoms with E-state index in [0.717, 1.165) is 12.8 Å². The SMILES string of the molecule is CS(=O)(=O)C1CCCC1(O)C1(C#N)CCCC1. The Morgan fingerprint density at radius 3 is 2.29 bits per heavy atom. The molecule has 2 aliphatic rings. The topological polar surface area (TPSA) is 78.2 Å². The van der Waals surface area contributed by atoms with Crippen molar-refractivity contribution >= 4 is 9.84 Å². The van der Waals surface area contributed by atoms with E-state index in [1.807, 2.05) is 0 Å². The van der Waals surface area contributed by atoms with E-state index in [4.69, 9.17) is 0 Å². The molecule has 0 aromatic rings. The summed E-state index contributed by atoms with van der Waals surface area (Å²) in [6, 6.07) is 2.25. The summed E-state index contributed by atoms with van der Waals surface area (Å²) >= 11 is 0. The minimum absolute atomic E-state index is 0.443. The van der Waals surface area contributed by atoms with Gasteiger partial charge in [-0.05, 0) is 32.1 Å². The number of sulfone groups is 1. The third-order valence-corrected chi connectivity index (χ3v) is 6.23. The minimum Gasteiger partial charge on any atom is -0.387 e. The van der Waals surface area contributed by atoms with Crippen molar-refractivity contribution in [2.45, 2.75) is 55.8 Å². The quantitative estimate of drug-likeness (QED) is 0.811. The van der Waals surface area contributed by atoms with Gasteiger partial charge in [-0.1, -0.05) is 12.8 Å². The molecular formula is C12H19NO3S. The maximum absolute atomic E-state index is 11.8. The fourth-order valence-electron chi connectivity index (χ4n) is 3.69. The van der Waals surface area contributed by atoms with Gasteiger partial charge in [0.1, 0.15) is 0 Å². The molecule has 0 amide bonds. The zero-order valence-corrected chi connectivity index (χ0v) is 11.0. The van der Waals surface area contributed by atoms with Gasteiger partial charge in [-0.3, -0.25) is 0 Å². The first-order chi connectivity index (χ1) is 7.86. The van der Waals surface area contributed by atoms with Crippen LogP contribution in [0.3, 0.4) is 0 Å². The first-order valence-electron chi connectivity index (χ1n) is 6.18. The average Bonchev–Trinajstić information content (AvgIpc) is 2.83. The Kier molecular flexibility index (Phi) is 2.99. The second-order valence-corrected chi connectivity index (χ2v) is 7.76. The molecule has 0 radical (unpaired) electrons. The summed E-state index contributed by atoms with van der Waals surface area (Å²) < 4.78 is 23.6. The molecule has 0 spiro atoms. The molecule has 0 heterocycles. The van der Waals surface area contributed by atoms with Crippen LogP contribution in [0, 0.1) is 16.7 Å². The van der Waals surface area contributed by atoms with Crippen LogP contribution in [0.4, 0.5) is 0 Å². The Labute approximate surface area is 103 Å². The van der Waals surface area contributed by atoms with Crippen LogP contribution in [0.2, 0.25) is 0 Å². The number of rotatable bonds is 2. The molecular weight excluding hydrogens is 238 g/mol. The number of hydrogen-bond acceptors (Lipinski definition) is 4. The summed E-state index contributed by atoms with van der Waals surface area (Å²) in [5.41, 5.74) is -2.16. The highest BCUT2D eigenvalue weighted by Gasteiger charge is 2.60. The highest BCUT2D eigenvalue weighted by atomic mass is 32.2. The molecule has 2 rings (SSSR count). The normalized spacial score (nSPS) is 36.9. The number of hydrogen-bond donors (Lipinski definition) is 1. The lowest BCUT2D eigenvalue weighted by atomic mass is 9.70. The van der Waals surface area contributed by atoms with E-state index in [9.17, 15) is 18.8 Å². The molecule has 0 aliphatic heterocycles. The van der Waals surface area contributed by atoms with E-state index in [1.165, 1.54) is 6.26 Å². The molecule has 0 bridgehead atoms. The smallest absolute Gasteiger partial charge is 0.153 e. The van der Waals surface area contributed by atoms with E-state index in [-0.39, 0.29) is 0 Å². The van der Waals surface area contributed by atoms with Crippen LogP contribution in [0.15, 0.2) is 0 Å². The van der Waals surface area contributed by atoms with Crippen molar-refractivity contribution < 1.29 is 13.5 Å². The van der Waals surface area contributed by atoms with Gasteiger partial charge in [0.25, 0.3) is 0 Å². The zero-order valence-electron chi connectivity index (χ0n) is 10.1. The van der Waals surface area contributed by atoms with Gasteiger partial charge in [-0.15, -0.1) is 0 Å². The molecule has 0 saturated heterocycles. The third kappa shape index (κ3) is 1.78.